The Kier molecular flexibility index (Phi) is 9.44. The van der Waals surface area contributed by atoms with Crippen molar-refractivity contribution in [3.05, 3.63) is 71.8 Å². The number of ketones is 1. The Morgan fingerprint density at radius 2 is 1.35 bits per heavy atom. The molecule has 0 saturated heterocycles. The van der Waals surface area contributed by atoms with Crippen LogP contribution in [-0.2, 0) is 27.2 Å². The number of carboxylic acids is 1. The first kappa shape index (κ1) is 24.3. The van der Waals surface area contributed by atoms with Crippen LogP contribution in [0.2, 0.25) is 0 Å². The molecule has 2 aromatic rings. The van der Waals surface area contributed by atoms with Crippen LogP contribution >= 0.6 is 0 Å². The number of hydrogen-bond acceptors (Lipinski definition) is 3. The molecule has 0 radical (unpaired) electrons. The van der Waals surface area contributed by atoms with Gasteiger partial charge in [-0.2, -0.15) is 0 Å². The summed E-state index contributed by atoms with van der Waals surface area (Å²) in [4.78, 5) is 37.6. The number of carboxylic acid groups (broad SMARTS) is 1. The molecule has 2 aromatic carbocycles. The van der Waals surface area contributed by atoms with Gasteiger partial charge in [0.25, 0.3) is 0 Å². The molecule has 0 unspecified atom stereocenters. The van der Waals surface area contributed by atoms with Gasteiger partial charge < -0.3 is 10.4 Å². The van der Waals surface area contributed by atoms with Gasteiger partial charge in [0.1, 0.15) is 11.8 Å². The standard InChI is InChI=1S/C26H33NO4/c1-18(2)14-23(26(30)31)27-25(29)22(16-21-12-8-5-9-13-21)17-24(28)19(3)15-20-10-6-4-7-11-20/h4-13,18-19,22-23H,14-17H2,1-3H3,(H,27,29)(H,30,31)/t19-,22+,23-/m1/s1. The molecular weight excluding hydrogens is 390 g/mol. The van der Waals surface area contributed by atoms with Crippen LogP contribution in [0.25, 0.3) is 0 Å². The third-order valence-corrected chi connectivity index (χ3v) is 5.40. The predicted molar refractivity (Wildman–Crippen MR) is 122 cm³/mol. The molecule has 0 fully saturated rings. The quantitative estimate of drug-likeness (QED) is 0.533. The van der Waals surface area contributed by atoms with Crippen molar-refractivity contribution in [2.45, 2.75) is 52.5 Å². The Morgan fingerprint density at radius 1 is 0.839 bits per heavy atom. The van der Waals surface area contributed by atoms with Crippen LogP contribution in [0.15, 0.2) is 60.7 Å². The third kappa shape index (κ3) is 8.36. The second-order valence-electron chi connectivity index (χ2n) is 8.68. The Balaban J connectivity index is 2.12. The van der Waals surface area contributed by atoms with Crippen molar-refractivity contribution in [2.24, 2.45) is 17.8 Å². The Morgan fingerprint density at radius 3 is 1.84 bits per heavy atom. The van der Waals surface area contributed by atoms with Crippen LogP contribution in [0.5, 0.6) is 0 Å². The van der Waals surface area contributed by atoms with Crippen molar-refractivity contribution in [3.63, 3.8) is 0 Å². The maximum atomic E-state index is 13.0. The lowest BCUT2D eigenvalue weighted by atomic mass is 9.87. The van der Waals surface area contributed by atoms with Gasteiger partial charge in [-0.15, -0.1) is 0 Å². The van der Waals surface area contributed by atoms with Crippen LogP contribution in [0.1, 0.15) is 44.7 Å². The van der Waals surface area contributed by atoms with Crippen molar-refractivity contribution >= 4 is 17.7 Å². The maximum Gasteiger partial charge on any atom is 0.326 e. The van der Waals surface area contributed by atoms with E-state index in [-0.39, 0.29) is 29.9 Å². The summed E-state index contributed by atoms with van der Waals surface area (Å²) in [7, 11) is 0. The lowest BCUT2D eigenvalue weighted by Gasteiger charge is -2.22. The smallest absolute Gasteiger partial charge is 0.326 e. The number of nitrogens with one attached hydrogen (secondary N) is 1. The van der Waals surface area contributed by atoms with Gasteiger partial charge in [-0.3, -0.25) is 9.59 Å². The topological polar surface area (TPSA) is 83.5 Å². The van der Waals surface area contributed by atoms with E-state index in [1.807, 2.05) is 81.4 Å². The SMILES string of the molecule is CC(C)C[C@@H](NC(=O)[C@H](CC(=O)[C@H](C)Cc1ccccc1)Cc1ccccc1)C(=O)O. The van der Waals surface area contributed by atoms with Gasteiger partial charge in [-0.1, -0.05) is 81.4 Å². The van der Waals surface area contributed by atoms with Crippen molar-refractivity contribution in [1.82, 2.24) is 5.32 Å². The highest BCUT2D eigenvalue weighted by Crippen LogP contribution is 2.19. The molecule has 2 N–H and O–H groups in total. The fourth-order valence-electron chi connectivity index (χ4n) is 3.66. The number of rotatable bonds is 12. The Bertz CT molecular complexity index is 848. The first-order valence-electron chi connectivity index (χ1n) is 10.9. The zero-order valence-electron chi connectivity index (χ0n) is 18.6. The van der Waals surface area contributed by atoms with E-state index < -0.39 is 17.9 Å². The summed E-state index contributed by atoms with van der Waals surface area (Å²) < 4.78 is 0. The maximum absolute atomic E-state index is 13.0. The van der Waals surface area contributed by atoms with E-state index in [0.717, 1.165) is 11.1 Å². The van der Waals surface area contributed by atoms with Gasteiger partial charge in [-0.25, -0.2) is 4.79 Å². The second-order valence-corrected chi connectivity index (χ2v) is 8.68. The van der Waals surface area contributed by atoms with E-state index in [1.165, 1.54) is 0 Å². The molecule has 166 valence electrons. The van der Waals surface area contributed by atoms with E-state index in [1.54, 1.807) is 0 Å². The Labute approximate surface area is 184 Å². The predicted octanol–water partition coefficient (Wildman–Crippen LogP) is 4.30. The lowest BCUT2D eigenvalue weighted by molar-refractivity contribution is -0.143. The van der Waals surface area contributed by atoms with E-state index in [4.69, 9.17) is 0 Å². The van der Waals surface area contributed by atoms with Gasteiger partial charge in [0.2, 0.25) is 5.91 Å². The Hall–Kier alpha value is -2.95. The molecule has 0 saturated carbocycles. The number of benzene rings is 2. The van der Waals surface area contributed by atoms with Crippen LogP contribution in [0, 0.1) is 17.8 Å². The number of Topliss-reactive ketones (excluding diaryl/α,β-unsaturated/α-hetero) is 1. The van der Waals surface area contributed by atoms with Crippen molar-refractivity contribution < 1.29 is 19.5 Å². The van der Waals surface area contributed by atoms with Crippen molar-refractivity contribution in [1.29, 1.82) is 0 Å². The zero-order chi connectivity index (χ0) is 22.8. The highest BCUT2D eigenvalue weighted by molar-refractivity contribution is 5.90. The molecule has 0 aliphatic carbocycles. The molecule has 1 amide bonds. The molecule has 0 aliphatic heterocycles. The van der Waals surface area contributed by atoms with Crippen LogP contribution in [0.4, 0.5) is 0 Å². The molecule has 0 heterocycles. The summed E-state index contributed by atoms with van der Waals surface area (Å²) in [6, 6.07) is 18.4. The number of carbonyl (C=O) groups is 3. The minimum atomic E-state index is -1.05. The summed E-state index contributed by atoms with van der Waals surface area (Å²) in [5, 5.41) is 12.2. The van der Waals surface area contributed by atoms with Gasteiger partial charge in [-0.05, 0) is 36.3 Å². The first-order chi connectivity index (χ1) is 14.8. The number of amides is 1. The highest BCUT2D eigenvalue weighted by Gasteiger charge is 2.29. The summed E-state index contributed by atoms with van der Waals surface area (Å²) in [5.41, 5.74) is 2.03. The van der Waals surface area contributed by atoms with E-state index in [2.05, 4.69) is 5.32 Å². The van der Waals surface area contributed by atoms with Gasteiger partial charge in [0.15, 0.2) is 0 Å². The second kappa shape index (κ2) is 12.0. The molecule has 0 bridgehead atoms. The summed E-state index contributed by atoms with van der Waals surface area (Å²) in [5.74, 6) is -2.12. The minimum absolute atomic E-state index is 0.00988. The molecular formula is C26H33NO4. The van der Waals surface area contributed by atoms with Gasteiger partial charge in [0, 0.05) is 18.3 Å². The highest BCUT2D eigenvalue weighted by atomic mass is 16.4. The fraction of sp³-hybridized carbons (Fsp3) is 0.423. The fourth-order valence-corrected chi connectivity index (χ4v) is 3.66. The molecule has 5 heteroatoms. The van der Waals surface area contributed by atoms with Crippen molar-refractivity contribution in [3.8, 4) is 0 Å². The number of hydrogen-bond donors (Lipinski definition) is 2. The number of carbonyl (C=O) groups excluding carboxylic acids is 2. The monoisotopic (exact) mass is 423 g/mol. The molecule has 2 rings (SSSR count). The third-order valence-electron chi connectivity index (χ3n) is 5.40. The normalized spacial score (nSPS) is 13.9. The summed E-state index contributed by atoms with van der Waals surface area (Å²) >= 11 is 0. The molecule has 0 aromatic heterocycles. The summed E-state index contributed by atoms with van der Waals surface area (Å²) in [6.45, 7) is 5.71. The molecule has 5 nitrogen and oxygen atoms in total. The van der Waals surface area contributed by atoms with Crippen LogP contribution < -0.4 is 5.32 Å². The zero-order valence-corrected chi connectivity index (χ0v) is 18.6. The van der Waals surface area contributed by atoms with Crippen LogP contribution in [-0.4, -0.2) is 28.8 Å². The molecule has 0 spiro atoms. The van der Waals surface area contributed by atoms with E-state index >= 15 is 0 Å². The van der Waals surface area contributed by atoms with Crippen LogP contribution in [0.3, 0.4) is 0 Å². The summed E-state index contributed by atoms with van der Waals surface area (Å²) in [6.07, 6.45) is 1.44. The first-order valence-corrected chi connectivity index (χ1v) is 10.9. The van der Waals surface area contributed by atoms with E-state index in [9.17, 15) is 19.5 Å². The molecule has 3 atom stereocenters. The van der Waals surface area contributed by atoms with Gasteiger partial charge in [0.05, 0.1) is 0 Å². The average molecular weight is 424 g/mol. The minimum Gasteiger partial charge on any atom is -0.480 e. The average Bonchev–Trinajstić information content (AvgIpc) is 2.73. The number of aliphatic carboxylic acids is 1. The van der Waals surface area contributed by atoms with E-state index in [0.29, 0.717) is 19.3 Å². The van der Waals surface area contributed by atoms with Gasteiger partial charge >= 0.3 is 5.97 Å². The molecule has 0 aliphatic rings. The van der Waals surface area contributed by atoms with Crippen molar-refractivity contribution in [2.75, 3.05) is 0 Å². The lowest BCUT2D eigenvalue weighted by Crippen LogP contribution is -2.45. The largest absolute Gasteiger partial charge is 0.480 e. The molecule has 31 heavy (non-hydrogen) atoms.